The van der Waals surface area contributed by atoms with Gasteiger partial charge in [-0.15, -0.1) is 0 Å². The molecule has 2 aromatic carbocycles. The lowest BCUT2D eigenvalue weighted by Gasteiger charge is -2.29. The second-order valence-corrected chi connectivity index (χ2v) is 8.09. The van der Waals surface area contributed by atoms with Gasteiger partial charge in [0.15, 0.2) is 0 Å². The highest BCUT2D eigenvalue weighted by Crippen LogP contribution is 2.14. The molecule has 0 aliphatic heterocycles. The fourth-order valence-electron chi connectivity index (χ4n) is 3.00. The van der Waals surface area contributed by atoms with Gasteiger partial charge < -0.3 is 15.0 Å². The Morgan fingerprint density at radius 2 is 1.67 bits per heavy atom. The maximum absolute atomic E-state index is 13.0. The molecule has 0 saturated carbocycles. The van der Waals surface area contributed by atoms with Crippen LogP contribution in [0.4, 0.5) is 0 Å². The third-order valence-corrected chi connectivity index (χ3v) is 4.87. The number of hydrogen-bond acceptors (Lipinski definition) is 3. The number of carbonyl (C=O) groups is 2. The maximum atomic E-state index is 13.0. The molecule has 2 amide bonds. The second-order valence-electron chi connectivity index (χ2n) is 8.09. The van der Waals surface area contributed by atoms with Crippen LogP contribution < -0.4 is 10.1 Å². The van der Waals surface area contributed by atoms with Crippen molar-refractivity contribution in [1.29, 1.82) is 0 Å². The van der Waals surface area contributed by atoms with E-state index < -0.39 is 6.04 Å². The predicted octanol–water partition coefficient (Wildman–Crippen LogP) is 4.34. The highest BCUT2D eigenvalue weighted by molar-refractivity contribution is 5.87. The number of aryl methyl sites for hydroxylation is 1. The lowest BCUT2D eigenvalue weighted by Crippen LogP contribution is -2.48. The summed E-state index contributed by atoms with van der Waals surface area (Å²) in [4.78, 5) is 27.3. The van der Waals surface area contributed by atoms with Crippen LogP contribution in [0, 0.1) is 12.8 Å². The Morgan fingerprint density at radius 1 is 1.00 bits per heavy atom. The van der Waals surface area contributed by atoms with Crippen molar-refractivity contribution in [3.8, 4) is 5.75 Å². The van der Waals surface area contributed by atoms with Crippen molar-refractivity contribution in [3.63, 3.8) is 0 Å². The van der Waals surface area contributed by atoms with E-state index in [2.05, 4.69) is 5.32 Å². The van der Waals surface area contributed by atoms with E-state index in [4.69, 9.17) is 4.74 Å². The molecule has 0 aliphatic rings. The van der Waals surface area contributed by atoms with Gasteiger partial charge >= 0.3 is 0 Å². The van der Waals surface area contributed by atoms with Crippen molar-refractivity contribution >= 4 is 11.8 Å². The first-order valence-corrected chi connectivity index (χ1v) is 10.7. The largest absolute Gasteiger partial charge is 0.494 e. The van der Waals surface area contributed by atoms with Crippen LogP contribution in [0.25, 0.3) is 0 Å². The van der Waals surface area contributed by atoms with E-state index in [0.717, 1.165) is 16.9 Å². The summed E-state index contributed by atoms with van der Waals surface area (Å²) in [6.45, 7) is 9.39. The Kier molecular flexibility index (Phi) is 9.39. The zero-order chi connectivity index (χ0) is 21.9. The molecule has 5 heteroatoms. The standard InChI is InChI=1S/C25H34N2O3/c1-19(2)17-26-25(29)21(4)27(18-22-14-12-20(3)13-15-22)24(28)11-8-16-30-23-9-6-5-7-10-23/h5-7,9-10,12-15,19,21H,8,11,16-18H2,1-4H3,(H,26,29). The Morgan fingerprint density at radius 3 is 2.30 bits per heavy atom. The van der Waals surface area contributed by atoms with Gasteiger partial charge in [-0.2, -0.15) is 0 Å². The number of benzene rings is 2. The molecule has 30 heavy (non-hydrogen) atoms. The Balaban J connectivity index is 1.98. The van der Waals surface area contributed by atoms with Crippen LogP contribution in [0.5, 0.6) is 5.75 Å². The van der Waals surface area contributed by atoms with Crippen molar-refractivity contribution in [2.45, 2.75) is 53.1 Å². The first-order valence-electron chi connectivity index (χ1n) is 10.7. The smallest absolute Gasteiger partial charge is 0.242 e. The van der Waals surface area contributed by atoms with Gasteiger partial charge in [-0.3, -0.25) is 9.59 Å². The molecule has 0 radical (unpaired) electrons. The molecule has 1 N–H and O–H groups in total. The van der Waals surface area contributed by atoms with Crippen molar-refractivity contribution in [2.24, 2.45) is 5.92 Å². The van der Waals surface area contributed by atoms with Gasteiger partial charge in [0.2, 0.25) is 11.8 Å². The van der Waals surface area contributed by atoms with Gasteiger partial charge in [0.1, 0.15) is 11.8 Å². The zero-order valence-corrected chi connectivity index (χ0v) is 18.6. The molecule has 2 aromatic rings. The van der Waals surface area contributed by atoms with E-state index in [0.29, 0.717) is 38.5 Å². The van der Waals surface area contributed by atoms with Gasteiger partial charge in [0.05, 0.1) is 6.61 Å². The summed E-state index contributed by atoms with van der Waals surface area (Å²) in [6.07, 6.45) is 0.930. The molecular formula is C25H34N2O3. The Hall–Kier alpha value is -2.82. The Labute approximate surface area is 180 Å². The van der Waals surface area contributed by atoms with Crippen molar-refractivity contribution in [3.05, 3.63) is 65.7 Å². The van der Waals surface area contributed by atoms with E-state index in [1.54, 1.807) is 11.8 Å². The molecule has 0 spiro atoms. The van der Waals surface area contributed by atoms with Crippen molar-refractivity contribution in [1.82, 2.24) is 10.2 Å². The number of carbonyl (C=O) groups excluding carboxylic acids is 2. The third kappa shape index (κ3) is 7.90. The number of amides is 2. The highest BCUT2D eigenvalue weighted by atomic mass is 16.5. The molecular weight excluding hydrogens is 376 g/mol. The fraction of sp³-hybridized carbons (Fsp3) is 0.440. The Bertz CT molecular complexity index is 788. The molecule has 5 nitrogen and oxygen atoms in total. The van der Waals surface area contributed by atoms with Crippen LogP contribution in [-0.2, 0) is 16.1 Å². The number of hydrogen-bond donors (Lipinski definition) is 1. The van der Waals surface area contributed by atoms with Crippen LogP contribution >= 0.6 is 0 Å². The molecule has 0 aliphatic carbocycles. The maximum Gasteiger partial charge on any atom is 0.242 e. The number of ether oxygens (including phenoxy) is 1. The molecule has 0 fully saturated rings. The highest BCUT2D eigenvalue weighted by Gasteiger charge is 2.25. The summed E-state index contributed by atoms with van der Waals surface area (Å²) in [5.41, 5.74) is 2.18. The van der Waals surface area contributed by atoms with Crippen LogP contribution in [-0.4, -0.2) is 35.9 Å². The lowest BCUT2D eigenvalue weighted by molar-refractivity contribution is -0.140. The van der Waals surface area contributed by atoms with Crippen molar-refractivity contribution < 1.29 is 14.3 Å². The monoisotopic (exact) mass is 410 g/mol. The topological polar surface area (TPSA) is 58.6 Å². The summed E-state index contributed by atoms with van der Waals surface area (Å²) in [5.74, 6) is 0.990. The minimum Gasteiger partial charge on any atom is -0.494 e. The molecule has 0 saturated heterocycles. The summed E-state index contributed by atoms with van der Waals surface area (Å²) in [5, 5.41) is 2.94. The molecule has 1 unspecified atom stereocenters. The SMILES string of the molecule is Cc1ccc(CN(C(=O)CCCOc2ccccc2)C(C)C(=O)NCC(C)C)cc1. The minimum atomic E-state index is -0.535. The van der Waals surface area contributed by atoms with Gasteiger partial charge in [-0.25, -0.2) is 0 Å². The number of para-hydroxylation sites is 1. The lowest BCUT2D eigenvalue weighted by atomic mass is 10.1. The quantitative estimate of drug-likeness (QED) is 0.561. The van der Waals surface area contributed by atoms with Crippen LogP contribution in [0.1, 0.15) is 44.7 Å². The number of rotatable bonds is 11. The number of nitrogens with one attached hydrogen (secondary N) is 1. The number of nitrogens with zero attached hydrogens (tertiary/aromatic N) is 1. The minimum absolute atomic E-state index is 0.0422. The third-order valence-electron chi connectivity index (χ3n) is 4.87. The fourth-order valence-corrected chi connectivity index (χ4v) is 3.00. The average Bonchev–Trinajstić information content (AvgIpc) is 2.74. The van der Waals surface area contributed by atoms with E-state index in [-0.39, 0.29) is 11.8 Å². The predicted molar refractivity (Wildman–Crippen MR) is 120 cm³/mol. The molecule has 2 rings (SSSR count). The van der Waals surface area contributed by atoms with E-state index in [1.807, 2.05) is 75.4 Å². The van der Waals surface area contributed by atoms with Crippen molar-refractivity contribution in [2.75, 3.05) is 13.2 Å². The van der Waals surface area contributed by atoms with Crippen LogP contribution in [0.15, 0.2) is 54.6 Å². The summed E-state index contributed by atoms with van der Waals surface area (Å²) >= 11 is 0. The molecule has 162 valence electrons. The first-order chi connectivity index (χ1) is 14.4. The molecule has 0 heterocycles. The molecule has 1 atom stereocenters. The average molecular weight is 411 g/mol. The zero-order valence-electron chi connectivity index (χ0n) is 18.6. The molecule has 0 bridgehead atoms. The summed E-state index contributed by atoms with van der Waals surface area (Å²) in [6, 6.07) is 17.1. The second kappa shape index (κ2) is 12.0. The normalized spacial score (nSPS) is 11.8. The van der Waals surface area contributed by atoms with E-state index in [9.17, 15) is 9.59 Å². The first kappa shape index (κ1) is 23.5. The van der Waals surface area contributed by atoms with Crippen LogP contribution in [0.3, 0.4) is 0 Å². The summed E-state index contributed by atoms with van der Waals surface area (Å²) in [7, 11) is 0. The van der Waals surface area contributed by atoms with Gasteiger partial charge in [0, 0.05) is 19.5 Å². The van der Waals surface area contributed by atoms with Gasteiger partial charge in [-0.05, 0) is 43.9 Å². The van der Waals surface area contributed by atoms with E-state index in [1.165, 1.54) is 0 Å². The molecule has 0 aromatic heterocycles. The van der Waals surface area contributed by atoms with Gasteiger partial charge in [0.25, 0.3) is 0 Å². The van der Waals surface area contributed by atoms with Gasteiger partial charge in [-0.1, -0.05) is 61.9 Å². The van der Waals surface area contributed by atoms with E-state index >= 15 is 0 Å². The van der Waals surface area contributed by atoms with Crippen LogP contribution in [0.2, 0.25) is 0 Å². The summed E-state index contributed by atoms with van der Waals surface area (Å²) < 4.78 is 5.69.